The van der Waals surface area contributed by atoms with Crippen LogP contribution in [0.15, 0.2) is 64.4 Å². The highest BCUT2D eigenvalue weighted by atomic mass is 32.1. The lowest BCUT2D eigenvalue weighted by atomic mass is 10.2. The number of furan rings is 1. The first kappa shape index (κ1) is 17.1. The van der Waals surface area contributed by atoms with Gasteiger partial charge in [0.2, 0.25) is 5.78 Å². The number of halogens is 1. The van der Waals surface area contributed by atoms with E-state index in [1.165, 1.54) is 28.8 Å². The van der Waals surface area contributed by atoms with E-state index >= 15 is 0 Å². The fourth-order valence-corrected chi connectivity index (χ4v) is 3.28. The molecule has 2 heterocycles. The van der Waals surface area contributed by atoms with E-state index in [1.54, 1.807) is 30.3 Å². The molecule has 7 heteroatoms. The van der Waals surface area contributed by atoms with Gasteiger partial charge in [0.05, 0.1) is 0 Å². The van der Waals surface area contributed by atoms with Crippen LogP contribution < -0.4 is 0 Å². The Bertz CT molecular complexity index is 1100. The molecule has 0 saturated carbocycles. The van der Waals surface area contributed by atoms with Crippen LogP contribution in [0.2, 0.25) is 0 Å². The number of hydrogen-bond donors (Lipinski definition) is 0. The van der Waals surface area contributed by atoms with Crippen LogP contribution in [0.1, 0.15) is 21.0 Å². The monoisotopic (exact) mass is 381 g/mol. The number of thiazole rings is 1. The van der Waals surface area contributed by atoms with Gasteiger partial charge in [0.15, 0.2) is 18.1 Å². The normalized spacial score (nSPS) is 10.9. The second-order valence-electron chi connectivity index (χ2n) is 5.69. The first-order valence-electron chi connectivity index (χ1n) is 8.00. The van der Waals surface area contributed by atoms with Crippen LogP contribution in [0.3, 0.4) is 0 Å². The third-order valence-electron chi connectivity index (χ3n) is 3.84. The van der Waals surface area contributed by atoms with Crippen molar-refractivity contribution in [1.82, 2.24) is 4.98 Å². The maximum Gasteiger partial charge on any atom is 0.358 e. The molecule has 0 aliphatic rings. The summed E-state index contributed by atoms with van der Waals surface area (Å²) >= 11 is 1.23. The van der Waals surface area contributed by atoms with Crippen molar-refractivity contribution in [2.24, 2.45) is 0 Å². The van der Waals surface area contributed by atoms with Crippen molar-refractivity contribution in [2.75, 3.05) is 6.61 Å². The standard InChI is InChI=1S/C20H12FNO4S/c21-14-7-5-12(6-8-14)19-22-15(11-27-19)20(24)25-10-16(23)18-9-13-3-1-2-4-17(13)26-18/h1-9,11H,10H2. The van der Waals surface area contributed by atoms with Crippen LogP contribution >= 0.6 is 11.3 Å². The summed E-state index contributed by atoms with van der Waals surface area (Å²) in [6.07, 6.45) is 0. The number of carbonyl (C=O) groups is 2. The number of fused-ring (bicyclic) bond motifs is 1. The second-order valence-corrected chi connectivity index (χ2v) is 6.55. The predicted molar refractivity (Wildman–Crippen MR) is 98.3 cm³/mol. The Labute approximate surface area is 157 Å². The minimum absolute atomic E-state index is 0.0942. The van der Waals surface area contributed by atoms with Gasteiger partial charge >= 0.3 is 5.97 Å². The average Bonchev–Trinajstić information content (AvgIpc) is 3.33. The smallest absolute Gasteiger partial charge is 0.358 e. The largest absolute Gasteiger partial charge is 0.453 e. The highest BCUT2D eigenvalue weighted by Crippen LogP contribution is 2.24. The lowest BCUT2D eigenvalue weighted by Gasteiger charge is -2.00. The Morgan fingerprint density at radius 2 is 1.89 bits per heavy atom. The Morgan fingerprint density at radius 3 is 2.67 bits per heavy atom. The van der Waals surface area contributed by atoms with Gasteiger partial charge in [0.25, 0.3) is 0 Å². The first-order chi connectivity index (χ1) is 13.1. The molecule has 2 aromatic heterocycles. The third-order valence-corrected chi connectivity index (χ3v) is 4.73. The molecule has 0 aliphatic carbocycles. The van der Waals surface area contributed by atoms with Crippen LogP contribution in [0.5, 0.6) is 0 Å². The zero-order chi connectivity index (χ0) is 18.8. The van der Waals surface area contributed by atoms with Crippen molar-refractivity contribution < 1.29 is 23.1 Å². The number of rotatable bonds is 5. The number of benzene rings is 2. The van der Waals surface area contributed by atoms with Gasteiger partial charge in [-0.3, -0.25) is 4.79 Å². The molecule has 0 radical (unpaired) electrons. The molecule has 0 amide bonds. The van der Waals surface area contributed by atoms with Gasteiger partial charge < -0.3 is 9.15 Å². The van der Waals surface area contributed by atoms with Crippen molar-refractivity contribution in [1.29, 1.82) is 0 Å². The molecular formula is C20H12FNO4S. The molecule has 0 fully saturated rings. The number of ether oxygens (including phenoxy) is 1. The van der Waals surface area contributed by atoms with E-state index in [2.05, 4.69) is 4.98 Å². The van der Waals surface area contributed by atoms with Crippen LogP contribution in [0.25, 0.3) is 21.5 Å². The summed E-state index contributed by atoms with van der Waals surface area (Å²) in [7, 11) is 0. The fraction of sp³-hybridized carbons (Fsp3) is 0.0500. The Hall–Kier alpha value is -3.32. The summed E-state index contributed by atoms with van der Waals surface area (Å²) in [5.41, 5.74) is 1.38. The van der Waals surface area contributed by atoms with Crippen molar-refractivity contribution >= 4 is 34.1 Å². The van der Waals surface area contributed by atoms with E-state index in [-0.39, 0.29) is 17.3 Å². The molecule has 5 nitrogen and oxygen atoms in total. The Morgan fingerprint density at radius 1 is 1.11 bits per heavy atom. The quantitative estimate of drug-likeness (QED) is 0.369. The number of ketones is 1. The molecule has 0 atom stereocenters. The van der Waals surface area contributed by atoms with Crippen molar-refractivity contribution in [2.45, 2.75) is 0 Å². The van der Waals surface area contributed by atoms with E-state index in [1.807, 2.05) is 12.1 Å². The summed E-state index contributed by atoms with van der Waals surface area (Å²) in [6, 6.07) is 14.6. The SMILES string of the molecule is O=C(OCC(=O)c1cc2ccccc2o1)c1csc(-c2ccc(F)cc2)n1. The first-order valence-corrected chi connectivity index (χ1v) is 8.88. The van der Waals surface area contributed by atoms with Crippen molar-refractivity contribution in [3.05, 3.63) is 77.2 Å². The molecule has 0 aliphatic heterocycles. The molecule has 4 aromatic rings. The number of nitrogens with zero attached hydrogens (tertiary/aromatic N) is 1. The summed E-state index contributed by atoms with van der Waals surface area (Å²) in [5, 5.41) is 2.90. The zero-order valence-electron chi connectivity index (χ0n) is 13.8. The van der Waals surface area contributed by atoms with Gasteiger partial charge in [0.1, 0.15) is 16.4 Å². The minimum Gasteiger partial charge on any atom is -0.453 e. The van der Waals surface area contributed by atoms with E-state index in [4.69, 9.17) is 9.15 Å². The molecule has 0 spiro atoms. The van der Waals surface area contributed by atoms with Gasteiger partial charge in [0, 0.05) is 16.3 Å². The van der Waals surface area contributed by atoms with Crippen LogP contribution in [0.4, 0.5) is 4.39 Å². The summed E-state index contributed by atoms with van der Waals surface area (Å²) in [6.45, 7) is -0.442. The maximum atomic E-state index is 13.0. The third kappa shape index (κ3) is 3.63. The number of hydrogen-bond acceptors (Lipinski definition) is 6. The Kier molecular flexibility index (Phi) is 4.52. The molecular weight excluding hydrogens is 369 g/mol. The minimum atomic E-state index is -0.705. The molecule has 0 N–H and O–H groups in total. The van der Waals surface area contributed by atoms with Crippen LogP contribution in [-0.2, 0) is 4.74 Å². The van der Waals surface area contributed by atoms with E-state index in [0.29, 0.717) is 16.2 Å². The molecule has 0 bridgehead atoms. The molecule has 0 unspecified atom stereocenters. The molecule has 0 saturated heterocycles. The number of Topliss-reactive ketones (excluding diaryl/α,β-unsaturated/α-hetero) is 1. The Balaban J connectivity index is 1.42. The second kappa shape index (κ2) is 7.13. The van der Waals surface area contributed by atoms with Crippen molar-refractivity contribution in [3.8, 4) is 10.6 Å². The van der Waals surface area contributed by atoms with Gasteiger partial charge in [-0.25, -0.2) is 14.2 Å². The summed E-state index contributed by atoms with van der Waals surface area (Å²) in [5.74, 6) is -1.36. The number of para-hydroxylation sites is 1. The topological polar surface area (TPSA) is 69.4 Å². The van der Waals surface area contributed by atoms with E-state index < -0.39 is 18.4 Å². The molecule has 4 rings (SSSR count). The van der Waals surface area contributed by atoms with Gasteiger partial charge in [-0.1, -0.05) is 18.2 Å². The highest BCUT2D eigenvalue weighted by Gasteiger charge is 2.18. The van der Waals surface area contributed by atoms with Crippen LogP contribution in [0, 0.1) is 5.82 Å². The lowest BCUT2D eigenvalue weighted by molar-refractivity contribution is 0.0463. The van der Waals surface area contributed by atoms with Crippen molar-refractivity contribution in [3.63, 3.8) is 0 Å². The summed E-state index contributed by atoms with van der Waals surface area (Å²) in [4.78, 5) is 28.5. The van der Waals surface area contributed by atoms with Crippen LogP contribution in [-0.4, -0.2) is 23.3 Å². The maximum absolute atomic E-state index is 13.0. The number of esters is 1. The number of carbonyl (C=O) groups excluding carboxylic acids is 2. The molecule has 27 heavy (non-hydrogen) atoms. The lowest BCUT2D eigenvalue weighted by Crippen LogP contribution is -2.14. The van der Waals surface area contributed by atoms with Gasteiger partial charge in [-0.2, -0.15) is 0 Å². The molecule has 2 aromatic carbocycles. The van der Waals surface area contributed by atoms with E-state index in [9.17, 15) is 14.0 Å². The summed E-state index contributed by atoms with van der Waals surface area (Å²) < 4.78 is 23.5. The highest BCUT2D eigenvalue weighted by molar-refractivity contribution is 7.13. The van der Waals surface area contributed by atoms with Gasteiger partial charge in [-0.05, 0) is 36.4 Å². The van der Waals surface area contributed by atoms with E-state index in [0.717, 1.165) is 5.39 Å². The van der Waals surface area contributed by atoms with Gasteiger partial charge in [-0.15, -0.1) is 11.3 Å². The number of aromatic nitrogens is 1. The average molecular weight is 381 g/mol. The fourth-order valence-electron chi connectivity index (χ4n) is 2.49. The molecule has 134 valence electrons. The zero-order valence-corrected chi connectivity index (χ0v) is 14.7. The predicted octanol–water partition coefficient (Wildman–Crippen LogP) is 4.74.